The molecule has 1 aliphatic heterocycles. The molecule has 0 bridgehead atoms. The van der Waals surface area contributed by atoms with Crippen LogP contribution in [0.5, 0.6) is 0 Å². The van der Waals surface area contributed by atoms with Crippen LogP contribution in [0.1, 0.15) is 48.1 Å². The molecule has 0 atom stereocenters. The zero-order valence-electron chi connectivity index (χ0n) is 20.8. The van der Waals surface area contributed by atoms with Gasteiger partial charge < -0.3 is 20.5 Å². The van der Waals surface area contributed by atoms with Gasteiger partial charge in [0.05, 0.1) is 12.0 Å². The molecular formula is C24H32N8OSSi. The average Bonchev–Trinajstić information content (AvgIpc) is 3.41. The van der Waals surface area contributed by atoms with Crippen molar-refractivity contribution < 1.29 is 4.79 Å². The number of rotatable bonds is 3. The van der Waals surface area contributed by atoms with Crippen molar-refractivity contribution in [1.29, 1.82) is 0 Å². The van der Waals surface area contributed by atoms with Crippen molar-refractivity contribution >= 4 is 47.4 Å². The molecule has 0 spiro atoms. The highest BCUT2D eigenvalue weighted by Crippen LogP contribution is 2.35. The number of nitrogens with zero attached hydrogens (tertiary/aromatic N) is 6. The zero-order valence-corrected chi connectivity index (χ0v) is 22.6. The second kappa shape index (κ2) is 9.33. The maximum atomic E-state index is 13.0. The lowest BCUT2D eigenvalue weighted by molar-refractivity contribution is -0.120. The Morgan fingerprint density at radius 1 is 1.20 bits per heavy atom. The van der Waals surface area contributed by atoms with Crippen LogP contribution < -0.4 is 11.1 Å². The zero-order chi connectivity index (χ0) is 24.7. The third-order valence-electron chi connectivity index (χ3n) is 6.61. The summed E-state index contributed by atoms with van der Waals surface area (Å²) >= 11 is 1.61. The lowest BCUT2D eigenvalue weighted by Gasteiger charge is -2.28. The summed E-state index contributed by atoms with van der Waals surface area (Å²) < 4.78 is 2.09. The van der Waals surface area contributed by atoms with Crippen molar-refractivity contribution in [2.24, 2.45) is 5.92 Å². The minimum absolute atomic E-state index is 0.0116. The molecule has 2 aliphatic rings. The number of amides is 1. The summed E-state index contributed by atoms with van der Waals surface area (Å²) in [5.74, 6) is 3.99. The number of imidazole rings is 1. The van der Waals surface area contributed by atoms with Crippen LogP contribution in [0.2, 0.25) is 19.6 Å². The first-order valence-corrected chi connectivity index (χ1v) is 16.5. The molecule has 3 N–H and O–H groups in total. The fourth-order valence-electron chi connectivity index (χ4n) is 4.71. The van der Waals surface area contributed by atoms with E-state index in [1.54, 1.807) is 17.7 Å². The van der Waals surface area contributed by atoms with Crippen molar-refractivity contribution in [1.82, 2.24) is 29.4 Å². The van der Waals surface area contributed by atoms with E-state index in [9.17, 15) is 4.79 Å². The summed E-state index contributed by atoms with van der Waals surface area (Å²) in [5.41, 5.74) is 12.0. The number of anilines is 2. The summed E-state index contributed by atoms with van der Waals surface area (Å²) in [6.07, 6.45) is 6.13. The number of carbonyl (C=O) groups excluding carboxylic acids is 1. The third kappa shape index (κ3) is 5.24. The molecule has 184 valence electrons. The van der Waals surface area contributed by atoms with E-state index in [-0.39, 0.29) is 17.9 Å². The summed E-state index contributed by atoms with van der Waals surface area (Å²) in [6.45, 7) is 8.47. The topological polar surface area (TPSA) is 115 Å². The number of carbonyl (C=O) groups is 1. The Bertz CT molecular complexity index is 1320. The van der Waals surface area contributed by atoms with Crippen molar-refractivity contribution in [2.75, 3.05) is 24.6 Å². The van der Waals surface area contributed by atoms with Gasteiger partial charge in [-0.3, -0.25) is 4.79 Å². The molecule has 1 amide bonds. The fourth-order valence-corrected chi connectivity index (χ4v) is 6.28. The number of nitrogens with two attached hydrogens (primary N) is 1. The fraction of sp³-hybridized carbons (Fsp3) is 0.542. The first kappa shape index (κ1) is 23.9. The minimum atomic E-state index is -1.56. The lowest BCUT2D eigenvalue weighted by atomic mass is 9.85. The van der Waals surface area contributed by atoms with Crippen LogP contribution in [-0.2, 0) is 17.8 Å². The second-order valence-electron chi connectivity index (χ2n) is 10.6. The molecule has 0 aromatic carbocycles. The van der Waals surface area contributed by atoms with Crippen LogP contribution >= 0.6 is 11.3 Å². The van der Waals surface area contributed by atoms with Crippen LogP contribution in [-0.4, -0.2) is 57.0 Å². The van der Waals surface area contributed by atoms with Crippen LogP contribution in [0.3, 0.4) is 0 Å². The molecule has 9 nitrogen and oxygen atoms in total. The number of fused-ring (bicyclic) bond motifs is 2. The highest BCUT2D eigenvalue weighted by molar-refractivity contribution is 7.15. The van der Waals surface area contributed by atoms with E-state index in [4.69, 9.17) is 5.73 Å². The normalized spacial score (nSPS) is 20.8. The molecule has 1 saturated carbocycles. The third-order valence-corrected chi connectivity index (χ3v) is 8.48. The predicted molar refractivity (Wildman–Crippen MR) is 142 cm³/mol. The Morgan fingerprint density at radius 3 is 2.71 bits per heavy atom. The van der Waals surface area contributed by atoms with Crippen molar-refractivity contribution in [2.45, 2.75) is 64.3 Å². The molecule has 1 aliphatic carbocycles. The summed E-state index contributed by atoms with van der Waals surface area (Å²) in [6, 6.07) is 0.221. The van der Waals surface area contributed by atoms with Gasteiger partial charge in [-0.2, -0.15) is 0 Å². The number of thiazole rings is 1. The Morgan fingerprint density at radius 2 is 1.97 bits per heavy atom. The maximum absolute atomic E-state index is 13.0. The molecule has 4 heterocycles. The molecule has 0 radical (unpaired) electrons. The molecule has 0 unspecified atom stereocenters. The molecule has 3 aromatic heterocycles. The quantitative estimate of drug-likeness (QED) is 0.411. The van der Waals surface area contributed by atoms with E-state index in [1.807, 2.05) is 0 Å². The summed E-state index contributed by atoms with van der Waals surface area (Å²) in [4.78, 5) is 34.7. The largest absolute Gasteiger partial charge is 0.382 e. The molecule has 5 rings (SSSR count). The number of hydrogen-bond donors (Lipinski definition) is 2. The van der Waals surface area contributed by atoms with Gasteiger partial charge in [0.15, 0.2) is 16.6 Å². The van der Waals surface area contributed by atoms with Gasteiger partial charge in [-0.05, 0) is 38.7 Å². The van der Waals surface area contributed by atoms with Gasteiger partial charge in [0.1, 0.15) is 13.6 Å². The first-order valence-electron chi connectivity index (χ1n) is 12.2. The Balaban J connectivity index is 1.26. The summed E-state index contributed by atoms with van der Waals surface area (Å²) in [7, 11) is 0.560. The Kier molecular flexibility index (Phi) is 6.37. The predicted octanol–water partition coefficient (Wildman–Crippen LogP) is 3.45. The smallest absolute Gasteiger partial charge is 0.229 e. The minimum Gasteiger partial charge on any atom is -0.382 e. The number of nitrogen functional groups attached to an aromatic ring is 1. The van der Waals surface area contributed by atoms with Gasteiger partial charge in [0, 0.05) is 36.3 Å². The standard InChI is InChI=1S/C24H32N8OSSi/c1-31-11-9-17-18(13-31)34-24(27-17)30-23(33)15-5-7-16(8-6-15)32-14-26-20-21(25)28-19(29-22(20)32)10-12-35(2,3)4/h14-16H,5-9,11,13H2,1-4H3,(H2,25,28,29)(H,27,30,33). The van der Waals surface area contributed by atoms with Crippen LogP contribution in [0.15, 0.2) is 6.33 Å². The number of aromatic nitrogens is 5. The van der Waals surface area contributed by atoms with E-state index in [0.717, 1.165) is 61.7 Å². The molecule has 3 aromatic rings. The number of likely N-dealkylation sites (N-methyl/N-ethyl adjacent to an activating group) is 1. The van der Waals surface area contributed by atoms with Gasteiger partial charge in [0.25, 0.3) is 0 Å². The van der Waals surface area contributed by atoms with Crippen molar-refractivity contribution in [3.05, 3.63) is 22.7 Å². The van der Waals surface area contributed by atoms with Crippen molar-refractivity contribution in [3.63, 3.8) is 0 Å². The van der Waals surface area contributed by atoms with E-state index in [2.05, 4.69) is 72.9 Å². The lowest BCUT2D eigenvalue weighted by Crippen LogP contribution is -2.28. The average molecular weight is 509 g/mol. The highest BCUT2D eigenvalue weighted by atomic mass is 32.1. The van der Waals surface area contributed by atoms with Crippen LogP contribution in [0.4, 0.5) is 10.9 Å². The van der Waals surface area contributed by atoms with Gasteiger partial charge >= 0.3 is 0 Å². The van der Waals surface area contributed by atoms with Gasteiger partial charge in [-0.1, -0.05) is 19.6 Å². The number of hydrogen-bond acceptors (Lipinski definition) is 8. The van der Waals surface area contributed by atoms with E-state index in [1.165, 1.54) is 4.88 Å². The van der Waals surface area contributed by atoms with Gasteiger partial charge in [0.2, 0.25) is 11.7 Å². The van der Waals surface area contributed by atoms with E-state index < -0.39 is 8.07 Å². The molecule has 1 fully saturated rings. The second-order valence-corrected chi connectivity index (χ2v) is 16.5. The SMILES string of the molecule is CN1CCc2nc(NC(=O)C3CCC(n4cnc5c(N)nc(C#C[Si](C)(C)C)nc54)CC3)sc2C1. The van der Waals surface area contributed by atoms with E-state index in [0.29, 0.717) is 17.2 Å². The van der Waals surface area contributed by atoms with Gasteiger partial charge in [-0.15, -0.1) is 16.9 Å². The highest BCUT2D eigenvalue weighted by Gasteiger charge is 2.29. The van der Waals surface area contributed by atoms with Gasteiger partial charge in [-0.25, -0.2) is 19.9 Å². The molecular weight excluding hydrogens is 476 g/mol. The van der Waals surface area contributed by atoms with Crippen LogP contribution in [0, 0.1) is 17.4 Å². The summed E-state index contributed by atoms with van der Waals surface area (Å²) in [5, 5.41) is 3.82. The Hall–Kier alpha value is -2.81. The first-order chi connectivity index (χ1) is 16.7. The van der Waals surface area contributed by atoms with Crippen LogP contribution in [0.25, 0.3) is 11.2 Å². The van der Waals surface area contributed by atoms with E-state index >= 15 is 0 Å². The number of nitrogens with one attached hydrogen (secondary N) is 1. The molecule has 11 heteroatoms. The van der Waals surface area contributed by atoms with Crippen molar-refractivity contribution in [3.8, 4) is 11.5 Å². The Labute approximate surface area is 210 Å². The molecule has 35 heavy (non-hydrogen) atoms. The maximum Gasteiger partial charge on any atom is 0.229 e. The molecule has 0 saturated heterocycles. The monoisotopic (exact) mass is 508 g/mol.